The molecule has 0 spiro atoms. The van der Waals surface area contributed by atoms with Crippen molar-refractivity contribution in [2.24, 2.45) is 0 Å². The second kappa shape index (κ2) is 9.16. The smallest absolute Gasteiger partial charge is 0.306 e. The molecule has 0 saturated carbocycles. The van der Waals surface area contributed by atoms with Gasteiger partial charge in [0.25, 0.3) is 0 Å². The number of carbonyl (C=O) groups is 2. The Hall–Kier alpha value is -0.810. The molecule has 18 heavy (non-hydrogen) atoms. The summed E-state index contributed by atoms with van der Waals surface area (Å²) in [5.41, 5.74) is 0. The topological polar surface area (TPSA) is 66.4 Å². The Bertz CT molecular complexity index is 342. The van der Waals surface area contributed by atoms with Crippen LogP contribution in [0.15, 0.2) is 0 Å². The molecule has 0 radical (unpaired) electrons. The third kappa shape index (κ3) is 11.7. The highest BCUT2D eigenvalue weighted by Gasteiger charge is 2.22. The third-order valence-electron chi connectivity index (χ3n) is 2.00. The van der Waals surface area contributed by atoms with Crippen LogP contribution in [0.4, 0.5) is 0 Å². The minimum atomic E-state index is -2.06. The van der Waals surface area contributed by atoms with Crippen molar-refractivity contribution < 1.29 is 28.0 Å². The number of carboxylic acid groups (broad SMARTS) is 1. The van der Waals surface area contributed by atoms with Crippen molar-refractivity contribution in [2.45, 2.75) is 38.6 Å². The standard InChI is InChI=1S/C12H23NO4.ClH/c1-5-6-7-12(16)17-10(8-11(14)15)9-13(2,3)4;/h10H,5-9H2,1-4H3;1H/i1D3;. The summed E-state index contributed by atoms with van der Waals surface area (Å²) in [4.78, 5) is 22.2. The van der Waals surface area contributed by atoms with Gasteiger partial charge in [0, 0.05) is 22.9 Å². The maximum absolute atomic E-state index is 11.6. The van der Waals surface area contributed by atoms with Crippen LogP contribution >= 0.6 is 12.4 Å². The SMILES string of the molecule is Cl.[2H]C([2H])([2H])CCCC(=O)OC(CC(=O)[O-])C[N+](C)(C)C. The normalized spacial score (nSPS) is 15.6. The van der Waals surface area contributed by atoms with Crippen molar-refractivity contribution in [1.82, 2.24) is 0 Å². The Morgan fingerprint density at radius 2 is 2.00 bits per heavy atom. The van der Waals surface area contributed by atoms with Crippen LogP contribution in [0, 0.1) is 0 Å². The van der Waals surface area contributed by atoms with Gasteiger partial charge in [-0.05, 0) is 6.42 Å². The van der Waals surface area contributed by atoms with E-state index in [9.17, 15) is 14.7 Å². The van der Waals surface area contributed by atoms with Gasteiger partial charge in [0.05, 0.1) is 21.1 Å². The summed E-state index contributed by atoms with van der Waals surface area (Å²) in [5, 5.41) is 10.6. The molecule has 0 aliphatic heterocycles. The molecular formula is C12H24ClNO4. The molecule has 108 valence electrons. The minimum absolute atomic E-state index is 0. The van der Waals surface area contributed by atoms with E-state index < -0.39 is 24.9 Å². The van der Waals surface area contributed by atoms with E-state index in [2.05, 4.69) is 0 Å². The Morgan fingerprint density at radius 1 is 1.39 bits per heavy atom. The zero-order valence-corrected chi connectivity index (χ0v) is 11.9. The molecule has 0 aromatic rings. The van der Waals surface area contributed by atoms with Crippen molar-refractivity contribution in [2.75, 3.05) is 27.7 Å². The first-order valence-corrected chi connectivity index (χ1v) is 5.59. The molecule has 0 aromatic carbocycles. The lowest BCUT2D eigenvalue weighted by atomic mass is 10.2. The van der Waals surface area contributed by atoms with Crippen LogP contribution in [0.5, 0.6) is 0 Å². The predicted molar refractivity (Wildman–Crippen MR) is 69.2 cm³/mol. The van der Waals surface area contributed by atoms with Crippen LogP contribution in [0.3, 0.4) is 0 Å². The predicted octanol–water partition coefficient (Wildman–Crippen LogP) is 0.356. The lowest BCUT2D eigenvalue weighted by Crippen LogP contribution is -2.45. The van der Waals surface area contributed by atoms with Crippen molar-refractivity contribution >= 4 is 24.3 Å². The number of rotatable bonds is 8. The third-order valence-corrected chi connectivity index (χ3v) is 2.00. The summed E-state index contributed by atoms with van der Waals surface area (Å²) in [5.74, 6) is -1.85. The number of carboxylic acids is 1. The molecule has 0 amide bonds. The first kappa shape index (κ1) is 13.6. The van der Waals surface area contributed by atoms with Gasteiger partial charge in [-0.1, -0.05) is 13.3 Å². The first-order chi connectivity index (χ1) is 8.89. The molecule has 0 bridgehead atoms. The molecule has 0 saturated heterocycles. The van der Waals surface area contributed by atoms with Crippen LogP contribution < -0.4 is 5.11 Å². The Morgan fingerprint density at radius 3 is 2.44 bits per heavy atom. The molecular weight excluding hydrogens is 258 g/mol. The maximum Gasteiger partial charge on any atom is 0.306 e. The van der Waals surface area contributed by atoms with Crippen molar-refractivity contribution in [1.29, 1.82) is 0 Å². The molecule has 6 heteroatoms. The van der Waals surface area contributed by atoms with Crippen LogP contribution in [0.1, 0.15) is 36.6 Å². The molecule has 1 unspecified atom stereocenters. The maximum atomic E-state index is 11.6. The molecule has 0 aliphatic carbocycles. The Kier molecular flexibility index (Phi) is 6.93. The fourth-order valence-electron chi connectivity index (χ4n) is 1.42. The van der Waals surface area contributed by atoms with Crippen LogP contribution in [-0.2, 0) is 14.3 Å². The van der Waals surface area contributed by atoms with Gasteiger partial charge >= 0.3 is 5.97 Å². The monoisotopic (exact) mass is 284 g/mol. The van der Waals surface area contributed by atoms with Gasteiger partial charge < -0.3 is 19.1 Å². The number of likely N-dealkylation sites (N-methyl/N-ethyl adjacent to an activating group) is 1. The second-order valence-electron chi connectivity index (χ2n) is 5.01. The van der Waals surface area contributed by atoms with Gasteiger partial charge in [0.1, 0.15) is 6.54 Å². The summed E-state index contributed by atoms with van der Waals surface area (Å²) in [6.45, 7) is -1.72. The number of quaternary nitrogens is 1. The summed E-state index contributed by atoms with van der Waals surface area (Å²) in [6, 6.07) is 0. The minimum Gasteiger partial charge on any atom is -0.550 e. The van der Waals surface area contributed by atoms with E-state index in [1.807, 2.05) is 21.1 Å². The number of ether oxygens (including phenoxy) is 1. The molecule has 0 heterocycles. The average Bonchev–Trinajstić information content (AvgIpc) is 2.10. The number of nitrogens with zero attached hydrogens (tertiary/aromatic N) is 1. The van der Waals surface area contributed by atoms with E-state index >= 15 is 0 Å². The zero-order chi connectivity index (χ0) is 16.0. The van der Waals surface area contributed by atoms with Gasteiger partial charge in [-0.3, -0.25) is 4.79 Å². The van der Waals surface area contributed by atoms with Crippen LogP contribution in [-0.4, -0.2) is 50.2 Å². The van der Waals surface area contributed by atoms with Crippen LogP contribution in [0.25, 0.3) is 0 Å². The highest BCUT2D eigenvalue weighted by molar-refractivity contribution is 5.85. The molecule has 1 atom stereocenters. The number of halogens is 1. The molecule has 0 aromatic heterocycles. The Balaban J connectivity index is 0. The fourth-order valence-corrected chi connectivity index (χ4v) is 1.42. The summed E-state index contributed by atoms with van der Waals surface area (Å²) in [7, 11) is 5.56. The first-order valence-electron chi connectivity index (χ1n) is 7.09. The molecule has 5 nitrogen and oxygen atoms in total. The van der Waals surface area contributed by atoms with E-state index in [1.165, 1.54) is 0 Å². The van der Waals surface area contributed by atoms with Gasteiger partial charge in [-0.15, -0.1) is 12.4 Å². The van der Waals surface area contributed by atoms with Crippen molar-refractivity contribution in [3.63, 3.8) is 0 Å². The number of hydrogen-bond acceptors (Lipinski definition) is 4. The molecule has 0 rings (SSSR count). The highest BCUT2D eigenvalue weighted by atomic mass is 35.5. The van der Waals surface area contributed by atoms with Crippen LogP contribution in [0.2, 0.25) is 0 Å². The second-order valence-corrected chi connectivity index (χ2v) is 5.01. The summed E-state index contributed by atoms with van der Waals surface area (Å²) >= 11 is 0. The van der Waals surface area contributed by atoms with Gasteiger partial charge in [-0.2, -0.15) is 0 Å². The van der Waals surface area contributed by atoms with E-state index in [0.29, 0.717) is 11.0 Å². The lowest BCUT2D eigenvalue weighted by molar-refractivity contribution is -0.873. The molecule has 0 aliphatic rings. The highest BCUT2D eigenvalue weighted by Crippen LogP contribution is 2.07. The zero-order valence-electron chi connectivity index (χ0n) is 14.1. The van der Waals surface area contributed by atoms with E-state index in [4.69, 9.17) is 8.85 Å². The number of hydrogen-bond donors (Lipinski definition) is 0. The Labute approximate surface area is 119 Å². The van der Waals surface area contributed by atoms with Crippen molar-refractivity contribution in [3.05, 3.63) is 0 Å². The van der Waals surface area contributed by atoms with E-state index in [1.54, 1.807) is 0 Å². The van der Waals surface area contributed by atoms with Crippen molar-refractivity contribution in [3.8, 4) is 0 Å². The summed E-state index contributed by atoms with van der Waals surface area (Å²) < 4.78 is 26.6. The number of esters is 1. The fraction of sp³-hybridized carbons (Fsp3) is 0.833. The van der Waals surface area contributed by atoms with Gasteiger partial charge in [0.2, 0.25) is 0 Å². The van der Waals surface area contributed by atoms with Gasteiger partial charge in [-0.25, -0.2) is 0 Å². The quantitative estimate of drug-likeness (QED) is 0.477. The lowest BCUT2D eigenvalue weighted by Gasteiger charge is -2.29. The van der Waals surface area contributed by atoms with Gasteiger partial charge in [0.15, 0.2) is 6.10 Å². The molecule has 0 fully saturated rings. The summed E-state index contributed by atoms with van der Waals surface area (Å²) in [6.07, 6.45) is -1.03. The largest absolute Gasteiger partial charge is 0.550 e. The van der Waals surface area contributed by atoms with E-state index in [0.717, 1.165) is 0 Å². The average molecular weight is 285 g/mol. The van der Waals surface area contributed by atoms with E-state index in [-0.39, 0.29) is 38.1 Å². The number of aliphatic carboxylic acids is 1. The number of carbonyl (C=O) groups excluding carboxylic acids is 2. The molecule has 0 N–H and O–H groups in total.